The zero-order chi connectivity index (χ0) is 10.1. The van der Waals surface area contributed by atoms with E-state index in [-0.39, 0.29) is 0 Å². The lowest BCUT2D eigenvalue weighted by atomic mass is 9.92. The van der Waals surface area contributed by atoms with Crippen LogP contribution in [-0.4, -0.2) is 26.3 Å². The highest BCUT2D eigenvalue weighted by atomic mass is 16.5. The molecule has 2 nitrogen and oxygen atoms in total. The second kappa shape index (κ2) is 8.52. The van der Waals surface area contributed by atoms with Gasteiger partial charge < -0.3 is 10.1 Å². The highest BCUT2D eigenvalue weighted by molar-refractivity contribution is 4.72. The van der Waals surface area contributed by atoms with Crippen LogP contribution >= 0.6 is 0 Å². The fraction of sp³-hybridized carbons (Fsp3) is 1.00. The first kappa shape index (κ1) is 12.9. The Kier molecular flexibility index (Phi) is 8.46. The summed E-state index contributed by atoms with van der Waals surface area (Å²) in [4.78, 5) is 0. The lowest BCUT2D eigenvalue weighted by Gasteiger charge is -2.24. The number of ether oxygens (including phenoxy) is 1. The van der Waals surface area contributed by atoms with Crippen molar-refractivity contribution in [3.63, 3.8) is 0 Å². The Hall–Kier alpha value is -0.0800. The Bertz CT molecular complexity index is 102. The van der Waals surface area contributed by atoms with Crippen LogP contribution in [0.5, 0.6) is 0 Å². The first-order chi connectivity index (χ1) is 6.29. The Morgan fingerprint density at radius 1 is 1.15 bits per heavy atom. The average molecular weight is 187 g/mol. The molecule has 0 heterocycles. The molecule has 2 heteroatoms. The predicted molar refractivity (Wildman–Crippen MR) is 58.0 cm³/mol. The first-order valence-corrected chi connectivity index (χ1v) is 5.55. The van der Waals surface area contributed by atoms with E-state index in [4.69, 9.17) is 4.74 Å². The Balaban J connectivity index is 3.71. The van der Waals surface area contributed by atoms with Gasteiger partial charge in [0.1, 0.15) is 0 Å². The van der Waals surface area contributed by atoms with Gasteiger partial charge in [-0.15, -0.1) is 0 Å². The summed E-state index contributed by atoms with van der Waals surface area (Å²) in [5, 5.41) is 3.38. The van der Waals surface area contributed by atoms with Crippen molar-refractivity contribution in [3.05, 3.63) is 0 Å². The van der Waals surface area contributed by atoms with Crippen LogP contribution < -0.4 is 5.32 Å². The van der Waals surface area contributed by atoms with Crippen molar-refractivity contribution in [3.8, 4) is 0 Å². The van der Waals surface area contributed by atoms with E-state index in [9.17, 15) is 0 Å². The topological polar surface area (TPSA) is 21.3 Å². The van der Waals surface area contributed by atoms with Crippen LogP contribution in [0.3, 0.4) is 0 Å². The molecular formula is C11H25NO. The third kappa shape index (κ3) is 5.27. The zero-order valence-corrected chi connectivity index (χ0v) is 9.60. The first-order valence-electron chi connectivity index (χ1n) is 5.55. The second-order valence-electron chi connectivity index (χ2n) is 3.46. The third-order valence-corrected chi connectivity index (χ3v) is 2.77. The lowest BCUT2D eigenvalue weighted by Crippen LogP contribution is -2.34. The zero-order valence-electron chi connectivity index (χ0n) is 9.60. The number of nitrogens with one attached hydrogen (secondary N) is 1. The van der Waals surface area contributed by atoms with Crippen LogP contribution in [0.25, 0.3) is 0 Å². The van der Waals surface area contributed by atoms with Gasteiger partial charge in [-0.05, 0) is 26.3 Å². The van der Waals surface area contributed by atoms with Gasteiger partial charge in [0, 0.05) is 19.3 Å². The highest BCUT2D eigenvalue weighted by Gasteiger charge is 2.15. The lowest BCUT2D eigenvalue weighted by molar-refractivity contribution is 0.128. The van der Waals surface area contributed by atoms with Crippen LogP contribution in [0.15, 0.2) is 0 Å². The maximum Gasteiger partial charge on any atom is 0.0480 e. The molecule has 1 N–H and O–H groups in total. The van der Waals surface area contributed by atoms with Crippen LogP contribution in [0.1, 0.15) is 40.0 Å². The molecule has 0 aromatic carbocycles. The molecule has 0 aromatic rings. The molecule has 0 amide bonds. The molecule has 1 atom stereocenters. The molecule has 0 saturated heterocycles. The molecule has 0 spiro atoms. The second-order valence-corrected chi connectivity index (χ2v) is 3.46. The van der Waals surface area contributed by atoms with Crippen molar-refractivity contribution in [1.29, 1.82) is 0 Å². The molecule has 0 fully saturated rings. The number of rotatable bonds is 8. The van der Waals surface area contributed by atoms with Crippen molar-refractivity contribution in [2.75, 3.05) is 20.3 Å². The molecule has 0 saturated carbocycles. The molecule has 0 aliphatic heterocycles. The van der Waals surface area contributed by atoms with E-state index in [0.717, 1.165) is 25.6 Å². The molecular weight excluding hydrogens is 162 g/mol. The summed E-state index contributed by atoms with van der Waals surface area (Å²) in [6.45, 7) is 8.29. The summed E-state index contributed by atoms with van der Waals surface area (Å²) < 4.78 is 5.36. The van der Waals surface area contributed by atoms with E-state index in [1.165, 1.54) is 12.8 Å². The van der Waals surface area contributed by atoms with E-state index in [0.29, 0.717) is 6.04 Å². The van der Waals surface area contributed by atoms with Gasteiger partial charge in [0.2, 0.25) is 0 Å². The van der Waals surface area contributed by atoms with Gasteiger partial charge in [-0.2, -0.15) is 0 Å². The van der Waals surface area contributed by atoms with E-state index < -0.39 is 0 Å². The molecule has 0 aliphatic carbocycles. The van der Waals surface area contributed by atoms with Crippen molar-refractivity contribution in [2.45, 2.75) is 46.1 Å². The normalized spacial score (nSPS) is 13.6. The minimum absolute atomic E-state index is 0.626. The molecule has 0 bridgehead atoms. The molecule has 0 aromatic heterocycles. The predicted octanol–water partition coefficient (Wildman–Crippen LogP) is 2.44. The SMILES string of the molecule is CCOCCC(NC)C(CC)CC. The van der Waals surface area contributed by atoms with Gasteiger partial charge >= 0.3 is 0 Å². The standard InChI is InChI=1S/C11H25NO/c1-5-10(6-2)11(12-4)8-9-13-7-3/h10-12H,5-9H2,1-4H3. The molecule has 0 rings (SSSR count). The highest BCUT2D eigenvalue weighted by Crippen LogP contribution is 2.15. The fourth-order valence-corrected chi connectivity index (χ4v) is 1.83. The summed E-state index contributed by atoms with van der Waals surface area (Å²) in [5.74, 6) is 0.797. The fourth-order valence-electron chi connectivity index (χ4n) is 1.83. The van der Waals surface area contributed by atoms with Gasteiger partial charge in [-0.25, -0.2) is 0 Å². The molecule has 13 heavy (non-hydrogen) atoms. The quantitative estimate of drug-likeness (QED) is 0.589. The van der Waals surface area contributed by atoms with E-state index in [1.807, 2.05) is 6.92 Å². The van der Waals surface area contributed by atoms with Crippen LogP contribution in [0, 0.1) is 5.92 Å². The summed E-state index contributed by atoms with van der Waals surface area (Å²) in [6, 6.07) is 0.626. The van der Waals surface area contributed by atoms with Crippen molar-refractivity contribution in [2.24, 2.45) is 5.92 Å². The van der Waals surface area contributed by atoms with Crippen molar-refractivity contribution in [1.82, 2.24) is 5.32 Å². The van der Waals surface area contributed by atoms with E-state index >= 15 is 0 Å². The summed E-state index contributed by atoms with van der Waals surface area (Å²) in [5.41, 5.74) is 0. The summed E-state index contributed by atoms with van der Waals surface area (Å²) in [6.07, 6.45) is 3.65. The van der Waals surface area contributed by atoms with Gasteiger partial charge in [-0.3, -0.25) is 0 Å². The van der Waals surface area contributed by atoms with Gasteiger partial charge in [0.25, 0.3) is 0 Å². The largest absolute Gasteiger partial charge is 0.382 e. The van der Waals surface area contributed by atoms with Crippen LogP contribution in [0.4, 0.5) is 0 Å². The smallest absolute Gasteiger partial charge is 0.0480 e. The van der Waals surface area contributed by atoms with Crippen LogP contribution in [0.2, 0.25) is 0 Å². The van der Waals surface area contributed by atoms with Gasteiger partial charge in [0.15, 0.2) is 0 Å². The third-order valence-electron chi connectivity index (χ3n) is 2.77. The van der Waals surface area contributed by atoms with Gasteiger partial charge in [0.05, 0.1) is 0 Å². The molecule has 0 radical (unpaired) electrons. The Labute approximate surface area is 83.1 Å². The summed E-state index contributed by atoms with van der Waals surface area (Å²) >= 11 is 0. The molecule has 0 aliphatic rings. The summed E-state index contributed by atoms with van der Waals surface area (Å²) in [7, 11) is 2.05. The Morgan fingerprint density at radius 3 is 2.15 bits per heavy atom. The average Bonchev–Trinajstić information content (AvgIpc) is 2.17. The van der Waals surface area contributed by atoms with Crippen molar-refractivity contribution >= 4 is 0 Å². The minimum atomic E-state index is 0.626. The van der Waals surface area contributed by atoms with Crippen LogP contribution in [-0.2, 0) is 4.74 Å². The van der Waals surface area contributed by atoms with Crippen molar-refractivity contribution < 1.29 is 4.74 Å². The number of hydrogen-bond donors (Lipinski definition) is 1. The Morgan fingerprint density at radius 2 is 1.77 bits per heavy atom. The molecule has 1 unspecified atom stereocenters. The monoisotopic (exact) mass is 187 g/mol. The maximum absolute atomic E-state index is 5.36. The minimum Gasteiger partial charge on any atom is -0.382 e. The van der Waals surface area contributed by atoms with E-state index in [1.54, 1.807) is 0 Å². The number of hydrogen-bond acceptors (Lipinski definition) is 2. The van der Waals surface area contributed by atoms with E-state index in [2.05, 4.69) is 26.2 Å². The molecule has 80 valence electrons. The maximum atomic E-state index is 5.36. The van der Waals surface area contributed by atoms with Gasteiger partial charge in [-0.1, -0.05) is 26.7 Å².